The molecule has 0 aliphatic carbocycles. The molecule has 2 aromatic rings. The number of nitro groups is 1. The largest absolute Gasteiger partial charge is 0.453 e. The maximum atomic E-state index is 11.4. The summed E-state index contributed by atoms with van der Waals surface area (Å²) in [7, 11) is 0. The molecule has 3 rings (SSSR count). The van der Waals surface area contributed by atoms with Gasteiger partial charge in [0, 0.05) is 24.7 Å². The number of hydrogen-bond acceptors (Lipinski definition) is 6. The van der Waals surface area contributed by atoms with Crippen LogP contribution in [0, 0.1) is 17.0 Å². The topological polar surface area (TPSA) is 85.8 Å². The van der Waals surface area contributed by atoms with Crippen LogP contribution in [0.15, 0.2) is 28.7 Å². The van der Waals surface area contributed by atoms with E-state index in [-0.39, 0.29) is 16.4 Å². The first-order valence-corrected chi connectivity index (χ1v) is 7.27. The zero-order valence-electron chi connectivity index (χ0n) is 12.7. The number of aryl methyl sites for hydroxylation is 1. The fourth-order valence-corrected chi connectivity index (χ4v) is 2.71. The van der Waals surface area contributed by atoms with Gasteiger partial charge in [0.15, 0.2) is 12.0 Å². The maximum absolute atomic E-state index is 11.4. The number of nitrogens with zero attached hydrogens (tertiary/aromatic N) is 2. The summed E-state index contributed by atoms with van der Waals surface area (Å²) in [6.45, 7) is 4.06. The van der Waals surface area contributed by atoms with Crippen molar-refractivity contribution in [2.75, 3.05) is 31.2 Å². The van der Waals surface area contributed by atoms with Crippen LogP contribution >= 0.6 is 0 Å². The molecule has 0 atom stereocenters. The highest BCUT2D eigenvalue weighted by Crippen LogP contribution is 2.36. The Morgan fingerprint density at radius 3 is 2.61 bits per heavy atom. The van der Waals surface area contributed by atoms with Gasteiger partial charge >= 0.3 is 0 Å². The number of nitro benzene ring substituents is 1. The van der Waals surface area contributed by atoms with Crippen LogP contribution in [-0.2, 0) is 4.74 Å². The summed E-state index contributed by atoms with van der Waals surface area (Å²) in [5.74, 6) is 0.750. The molecule has 0 spiro atoms. The molecule has 0 bridgehead atoms. The van der Waals surface area contributed by atoms with Crippen LogP contribution in [0.25, 0.3) is 11.3 Å². The van der Waals surface area contributed by atoms with E-state index in [4.69, 9.17) is 9.15 Å². The van der Waals surface area contributed by atoms with Gasteiger partial charge in [0.25, 0.3) is 5.69 Å². The van der Waals surface area contributed by atoms with Crippen molar-refractivity contribution in [3.05, 3.63) is 45.7 Å². The molecule has 23 heavy (non-hydrogen) atoms. The van der Waals surface area contributed by atoms with Gasteiger partial charge in [-0.05, 0) is 30.7 Å². The second-order valence-electron chi connectivity index (χ2n) is 5.33. The third-order valence-corrected chi connectivity index (χ3v) is 3.88. The van der Waals surface area contributed by atoms with E-state index in [9.17, 15) is 14.9 Å². The van der Waals surface area contributed by atoms with E-state index in [1.807, 2.05) is 4.90 Å². The molecule has 1 aliphatic heterocycles. The monoisotopic (exact) mass is 316 g/mol. The number of furan rings is 1. The molecule has 1 saturated heterocycles. The number of carbonyl (C=O) groups is 1. The quantitative estimate of drug-likeness (QED) is 0.490. The minimum atomic E-state index is -0.374. The summed E-state index contributed by atoms with van der Waals surface area (Å²) in [5, 5.41) is 11.4. The molecule has 120 valence electrons. The first-order valence-electron chi connectivity index (χ1n) is 7.27. The highest BCUT2D eigenvalue weighted by atomic mass is 16.6. The summed E-state index contributed by atoms with van der Waals surface area (Å²) in [6.07, 6.45) is 0.632. The highest BCUT2D eigenvalue weighted by Gasteiger charge is 2.24. The molecule has 0 amide bonds. The van der Waals surface area contributed by atoms with E-state index in [0.29, 0.717) is 44.0 Å². The Labute approximate surface area is 132 Å². The van der Waals surface area contributed by atoms with Crippen molar-refractivity contribution in [1.82, 2.24) is 0 Å². The summed E-state index contributed by atoms with van der Waals surface area (Å²) < 4.78 is 10.8. The zero-order chi connectivity index (χ0) is 16.4. The van der Waals surface area contributed by atoms with E-state index in [1.165, 1.54) is 0 Å². The Kier molecular flexibility index (Phi) is 4.12. The first kappa shape index (κ1) is 15.2. The third kappa shape index (κ3) is 2.95. The van der Waals surface area contributed by atoms with Gasteiger partial charge in [-0.1, -0.05) is 0 Å². The van der Waals surface area contributed by atoms with Gasteiger partial charge in [0.05, 0.1) is 18.1 Å². The Bertz CT molecular complexity index is 747. The molecule has 1 aromatic heterocycles. The fourth-order valence-electron chi connectivity index (χ4n) is 2.71. The van der Waals surface area contributed by atoms with Gasteiger partial charge in [-0.25, -0.2) is 0 Å². The van der Waals surface area contributed by atoms with Gasteiger partial charge in [0.2, 0.25) is 0 Å². The molecule has 0 saturated carbocycles. The number of hydrogen-bond donors (Lipinski definition) is 0. The predicted molar refractivity (Wildman–Crippen MR) is 84.0 cm³/mol. The Hall–Kier alpha value is -2.67. The van der Waals surface area contributed by atoms with Crippen molar-refractivity contribution >= 4 is 17.7 Å². The van der Waals surface area contributed by atoms with Crippen LogP contribution in [-0.4, -0.2) is 37.5 Å². The second kappa shape index (κ2) is 6.21. The van der Waals surface area contributed by atoms with Gasteiger partial charge in [-0.3, -0.25) is 14.9 Å². The molecule has 2 heterocycles. The lowest BCUT2D eigenvalue weighted by atomic mass is 10.0. The van der Waals surface area contributed by atoms with Crippen molar-refractivity contribution in [1.29, 1.82) is 0 Å². The van der Waals surface area contributed by atoms with Crippen LogP contribution in [0.5, 0.6) is 0 Å². The maximum Gasteiger partial charge on any atom is 0.292 e. The van der Waals surface area contributed by atoms with Crippen LogP contribution in [0.3, 0.4) is 0 Å². The lowest BCUT2D eigenvalue weighted by Crippen LogP contribution is -2.36. The smallest absolute Gasteiger partial charge is 0.292 e. The number of carbonyl (C=O) groups excluding carboxylic acids is 1. The van der Waals surface area contributed by atoms with E-state index >= 15 is 0 Å². The Morgan fingerprint density at radius 2 is 2.00 bits per heavy atom. The first-order chi connectivity index (χ1) is 11.1. The minimum Gasteiger partial charge on any atom is -0.453 e. The van der Waals surface area contributed by atoms with E-state index in [1.54, 1.807) is 31.2 Å². The van der Waals surface area contributed by atoms with Gasteiger partial charge < -0.3 is 14.1 Å². The van der Waals surface area contributed by atoms with E-state index < -0.39 is 0 Å². The zero-order valence-corrected chi connectivity index (χ0v) is 12.7. The second-order valence-corrected chi connectivity index (χ2v) is 5.33. The molecule has 0 unspecified atom stereocenters. The standard InChI is InChI=1S/C16H16N2O5/c1-11-8-15(18(20)21)14(17-4-6-22-7-5-17)9-13(11)16-3-2-12(10-19)23-16/h2-3,8-10H,4-7H2,1H3. The molecule has 7 heteroatoms. The van der Waals surface area contributed by atoms with Crippen molar-refractivity contribution in [3.8, 4) is 11.3 Å². The van der Waals surface area contributed by atoms with Gasteiger partial charge in [-0.15, -0.1) is 0 Å². The normalized spacial score (nSPS) is 14.7. The predicted octanol–water partition coefficient (Wildman–Crippen LogP) is 2.81. The van der Waals surface area contributed by atoms with Crippen LogP contribution in [0.4, 0.5) is 11.4 Å². The molecule has 1 fully saturated rings. The molecule has 1 aliphatic rings. The Morgan fingerprint density at radius 1 is 1.26 bits per heavy atom. The summed E-state index contributed by atoms with van der Waals surface area (Å²) in [5.41, 5.74) is 2.07. The molecule has 7 nitrogen and oxygen atoms in total. The third-order valence-electron chi connectivity index (χ3n) is 3.88. The van der Waals surface area contributed by atoms with E-state index in [2.05, 4.69) is 0 Å². The van der Waals surface area contributed by atoms with Crippen LogP contribution in [0.1, 0.15) is 16.1 Å². The number of morpholine rings is 1. The average molecular weight is 316 g/mol. The van der Waals surface area contributed by atoms with E-state index in [0.717, 1.165) is 11.1 Å². The highest BCUT2D eigenvalue weighted by molar-refractivity contribution is 5.78. The van der Waals surface area contributed by atoms with Crippen LogP contribution in [0.2, 0.25) is 0 Å². The van der Waals surface area contributed by atoms with Crippen molar-refractivity contribution in [2.24, 2.45) is 0 Å². The number of ether oxygens (including phenoxy) is 1. The molecule has 1 aromatic carbocycles. The number of rotatable bonds is 4. The molecule has 0 radical (unpaired) electrons. The van der Waals surface area contributed by atoms with Crippen molar-refractivity contribution < 1.29 is 18.9 Å². The van der Waals surface area contributed by atoms with Crippen molar-refractivity contribution in [2.45, 2.75) is 6.92 Å². The molecular weight excluding hydrogens is 300 g/mol. The van der Waals surface area contributed by atoms with Gasteiger partial charge in [-0.2, -0.15) is 0 Å². The lowest BCUT2D eigenvalue weighted by molar-refractivity contribution is -0.384. The number of benzene rings is 1. The Balaban J connectivity index is 2.10. The lowest BCUT2D eigenvalue weighted by Gasteiger charge is -2.29. The molecular formula is C16H16N2O5. The minimum absolute atomic E-state index is 0.0651. The SMILES string of the molecule is Cc1cc([N+](=O)[O-])c(N2CCOCC2)cc1-c1ccc(C=O)o1. The average Bonchev–Trinajstić information content (AvgIpc) is 3.04. The number of aldehydes is 1. The summed E-state index contributed by atoms with van der Waals surface area (Å²) in [6, 6.07) is 6.58. The van der Waals surface area contributed by atoms with Crippen LogP contribution < -0.4 is 4.90 Å². The van der Waals surface area contributed by atoms with Crippen molar-refractivity contribution in [3.63, 3.8) is 0 Å². The summed E-state index contributed by atoms with van der Waals surface area (Å²) in [4.78, 5) is 23.7. The fraction of sp³-hybridized carbons (Fsp3) is 0.312. The van der Waals surface area contributed by atoms with Gasteiger partial charge in [0.1, 0.15) is 11.4 Å². The molecule has 0 N–H and O–H groups in total. The summed E-state index contributed by atoms with van der Waals surface area (Å²) >= 11 is 0. The number of anilines is 1.